The molecule has 0 fully saturated rings. The molecule has 2 atom stereocenters. The molecule has 0 saturated carbocycles. The van der Waals surface area contributed by atoms with Crippen LogP contribution in [-0.2, 0) is 16.1 Å². The number of likely N-dealkylation sites (N-methyl/N-ethyl adjacent to an activating group) is 2. The molecule has 156 valence electrons. The first-order valence-corrected chi connectivity index (χ1v) is 10.3. The molecule has 2 aromatic carbocycles. The number of aryl methyl sites for hydroxylation is 3. The van der Waals surface area contributed by atoms with E-state index in [1.807, 2.05) is 76.9 Å². The van der Waals surface area contributed by atoms with Gasteiger partial charge in [0.25, 0.3) is 11.8 Å². The lowest BCUT2D eigenvalue weighted by Crippen LogP contribution is -3.15. The second-order valence-electron chi connectivity index (χ2n) is 7.90. The maximum Gasteiger partial charge on any atom is 0.280 e. The highest BCUT2D eigenvalue weighted by atomic mass is 16.2. The standard InChI is InChI=1S/C24H33N3O2/c1-7-27(15-21-11-9-8-10-12-21)24(29)20(5)26(6)16-22(28)25-23-18(3)13-17(2)14-19(23)4/h8-14,20H,7,15-16H2,1-6H3,(H,25,28)/p+1/t20-/m1/s1. The van der Waals surface area contributed by atoms with Crippen molar-refractivity contribution < 1.29 is 14.5 Å². The Hall–Kier alpha value is -2.66. The van der Waals surface area contributed by atoms with Gasteiger partial charge >= 0.3 is 0 Å². The quantitative estimate of drug-likeness (QED) is 0.720. The first-order valence-electron chi connectivity index (χ1n) is 10.3. The van der Waals surface area contributed by atoms with Crippen LogP contribution < -0.4 is 10.2 Å². The smallest absolute Gasteiger partial charge is 0.280 e. The van der Waals surface area contributed by atoms with Gasteiger partial charge in [-0.3, -0.25) is 9.59 Å². The molecule has 2 amide bonds. The van der Waals surface area contributed by atoms with Crippen LogP contribution >= 0.6 is 0 Å². The molecule has 1 unspecified atom stereocenters. The predicted molar refractivity (Wildman–Crippen MR) is 118 cm³/mol. The summed E-state index contributed by atoms with van der Waals surface area (Å²) < 4.78 is 0. The first kappa shape index (κ1) is 22.6. The van der Waals surface area contributed by atoms with Gasteiger partial charge < -0.3 is 15.1 Å². The Bertz CT molecular complexity index is 825. The van der Waals surface area contributed by atoms with Crippen molar-refractivity contribution in [2.45, 2.75) is 47.2 Å². The Labute approximate surface area is 174 Å². The summed E-state index contributed by atoms with van der Waals surface area (Å²) in [5.74, 6) is -0.0207. The molecule has 2 N–H and O–H groups in total. The van der Waals surface area contributed by atoms with Crippen molar-refractivity contribution in [1.29, 1.82) is 0 Å². The minimum atomic E-state index is -0.301. The fourth-order valence-electron chi connectivity index (χ4n) is 3.60. The van der Waals surface area contributed by atoms with Crippen LogP contribution in [0.2, 0.25) is 0 Å². The predicted octanol–water partition coefficient (Wildman–Crippen LogP) is 2.50. The first-order chi connectivity index (χ1) is 13.7. The number of carbonyl (C=O) groups excluding carboxylic acids is 2. The molecule has 0 aliphatic heterocycles. The summed E-state index contributed by atoms with van der Waals surface area (Å²) in [5.41, 5.74) is 5.26. The Kier molecular flexibility index (Phi) is 7.97. The zero-order valence-electron chi connectivity index (χ0n) is 18.5. The normalized spacial score (nSPS) is 12.9. The molecule has 0 aliphatic rings. The van der Waals surface area contributed by atoms with Gasteiger partial charge in [0.1, 0.15) is 0 Å². The molecular weight excluding hydrogens is 362 g/mol. The third-order valence-corrected chi connectivity index (χ3v) is 5.40. The van der Waals surface area contributed by atoms with Gasteiger partial charge in [-0.15, -0.1) is 0 Å². The minimum Gasteiger partial charge on any atom is -0.334 e. The van der Waals surface area contributed by atoms with Gasteiger partial charge in [-0.05, 0) is 51.3 Å². The van der Waals surface area contributed by atoms with Crippen molar-refractivity contribution in [1.82, 2.24) is 4.90 Å². The molecule has 0 radical (unpaired) electrons. The third-order valence-electron chi connectivity index (χ3n) is 5.40. The van der Waals surface area contributed by atoms with Gasteiger partial charge in [-0.1, -0.05) is 48.0 Å². The zero-order valence-corrected chi connectivity index (χ0v) is 18.5. The van der Waals surface area contributed by atoms with Crippen LogP contribution in [0.3, 0.4) is 0 Å². The molecule has 0 spiro atoms. The average molecular weight is 397 g/mol. The average Bonchev–Trinajstić information content (AvgIpc) is 2.68. The fraction of sp³-hybridized carbons (Fsp3) is 0.417. The zero-order chi connectivity index (χ0) is 21.6. The Morgan fingerprint density at radius 1 is 1.07 bits per heavy atom. The number of benzene rings is 2. The van der Waals surface area contributed by atoms with Crippen LogP contribution in [0, 0.1) is 20.8 Å². The van der Waals surface area contributed by atoms with E-state index < -0.39 is 0 Å². The van der Waals surface area contributed by atoms with Gasteiger partial charge in [-0.25, -0.2) is 0 Å². The number of rotatable bonds is 8. The Morgan fingerprint density at radius 2 is 1.66 bits per heavy atom. The lowest BCUT2D eigenvalue weighted by atomic mass is 10.1. The van der Waals surface area contributed by atoms with E-state index in [4.69, 9.17) is 0 Å². The summed E-state index contributed by atoms with van der Waals surface area (Å²) in [7, 11) is 1.90. The highest BCUT2D eigenvalue weighted by molar-refractivity contribution is 5.93. The van der Waals surface area contributed by atoms with Crippen molar-refractivity contribution in [2.75, 3.05) is 25.5 Å². The number of nitrogens with zero attached hydrogens (tertiary/aromatic N) is 1. The number of quaternary nitrogens is 1. The molecule has 5 nitrogen and oxygen atoms in total. The molecule has 29 heavy (non-hydrogen) atoms. The monoisotopic (exact) mass is 396 g/mol. The molecule has 5 heteroatoms. The second-order valence-corrected chi connectivity index (χ2v) is 7.90. The van der Waals surface area contributed by atoms with Gasteiger partial charge in [0.05, 0.1) is 7.05 Å². The van der Waals surface area contributed by atoms with Gasteiger partial charge in [-0.2, -0.15) is 0 Å². The minimum absolute atomic E-state index is 0.0596. The van der Waals surface area contributed by atoms with E-state index in [-0.39, 0.29) is 24.4 Å². The third kappa shape index (κ3) is 6.16. The van der Waals surface area contributed by atoms with Crippen LogP contribution in [-0.4, -0.2) is 42.9 Å². The van der Waals surface area contributed by atoms with E-state index in [9.17, 15) is 9.59 Å². The summed E-state index contributed by atoms with van der Waals surface area (Å²) in [6.07, 6.45) is 0. The fourth-order valence-corrected chi connectivity index (χ4v) is 3.60. The van der Waals surface area contributed by atoms with E-state index in [1.165, 1.54) is 5.56 Å². The number of amides is 2. The molecular formula is C24H34N3O2+. The molecule has 0 aromatic heterocycles. The Morgan fingerprint density at radius 3 is 2.21 bits per heavy atom. The number of carbonyl (C=O) groups is 2. The largest absolute Gasteiger partial charge is 0.334 e. The lowest BCUT2D eigenvalue weighted by Gasteiger charge is -2.27. The summed E-state index contributed by atoms with van der Waals surface area (Å²) in [6.45, 7) is 11.4. The van der Waals surface area contributed by atoms with Crippen LogP contribution in [0.5, 0.6) is 0 Å². The molecule has 0 heterocycles. The van der Waals surface area contributed by atoms with E-state index in [0.29, 0.717) is 13.1 Å². The van der Waals surface area contributed by atoms with Crippen LogP contribution in [0.25, 0.3) is 0 Å². The van der Waals surface area contributed by atoms with Crippen molar-refractivity contribution in [3.63, 3.8) is 0 Å². The highest BCUT2D eigenvalue weighted by Crippen LogP contribution is 2.21. The highest BCUT2D eigenvalue weighted by Gasteiger charge is 2.28. The molecule has 2 aromatic rings. The van der Waals surface area contributed by atoms with Gasteiger partial charge in [0.15, 0.2) is 12.6 Å². The summed E-state index contributed by atoms with van der Waals surface area (Å²) in [5, 5.41) is 3.03. The Balaban J connectivity index is 1.99. The van der Waals surface area contributed by atoms with E-state index in [1.54, 1.807) is 0 Å². The number of hydrogen-bond donors (Lipinski definition) is 2. The van der Waals surface area contributed by atoms with Crippen LogP contribution in [0.15, 0.2) is 42.5 Å². The maximum absolute atomic E-state index is 13.0. The summed E-state index contributed by atoms with van der Waals surface area (Å²) in [4.78, 5) is 28.3. The number of nitrogens with one attached hydrogen (secondary N) is 2. The summed E-state index contributed by atoms with van der Waals surface area (Å²) >= 11 is 0. The van der Waals surface area contributed by atoms with E-state index in [2.05, 4.69) is 17.4 Å². The lowest BCUT2D eigenvalue weighted by molar-refractivity contribution is -0.886. The van der Waals surface area contributed by atoms with Crippen molar-refractivity contribution in [2.24, 2.45) is 0 Å². The van der Waals surface area contributed by atoms with Crippen LogP contribution in [0.4, 0.5) is 5.69 Å². The summed E-state index contributed by atoms with van der Waals surface area (Å²) in [6, 6.07) is 13.8. The van der Waals surface area contributed by atoms with E-state index in [0.717, 1.165) is 27.3 Å². The topological polar surface area (TPSA) is 53.9 Å². The van der Waals surface area contributed by atoms with Gasteiger partial charge in [0, 0.05) is 18.8 Å². The van der Waals surface area contributed by atoms with E-state index >= 15 is 0 Å². The molecule has 0 aliphatic carbocycles. The number of hydrogen-bond acceptors (Lipinski definition) is 2. The van der Waals surface area contributed by atoms with Crippen LogP contribution in [0.1, 0.15) is 36.1 Å². The van der Waals surface area contributed by atoms with Crippen molar-refractivity contribution in [3.8, 4) is 0 Å². The maximum atomic E-state index is 13.0. The molecule has 0 saturated heterocycles. The van der Waals surface area contributed by atoms with Crippen molar-refractivity contribution in [3.05, 3.63) is 64.7 Å². The second kappa shape index (κ2) is 10.2. The van der Waals surface area contributed by atoms with Crippen molar-refractivity contribution >= 4 is 17.5 Å². The molecule has 2 rings (SSSR count). The number of anilines is 1. The SMILES string of the molecule is CCN(Cc1ccccc1)C(=O)[C@@H](C)[NH+](C)CC(=O)Nc1c(C)cc(C)cc1C. The molecule has 0 bridgehead atoms. The van der Waals surface area contributed by atoms with Gasteiger partial charge in [0.2, 0.25) is 0 Å².